The summed E-state index contributed by atoms with van der Waals surface area (Å²) in [5.74, 6) is -4.04. The first-order valence-electron chi connectivity index (χ1n) is 5.21. The summed E-state index contributed by atoms with van der Waals surface area (Å²) >= 11 is 0. The fourth-order valence-electron chi connectivity index (χ4n) is 1.34. The van der Waals surface area contributed by atoms with Crippen molar-refractivity contribution < 1.29 is 17.7 Å². The van der Waals surface area contributed by atoms with Crippen molar-refractivity contribution in [1.29, 1.82) is 0 Å². The summed E-state index contributed by atoms with van der Waals surface area (Å²) in [6, 6.07) is 1.59. The van der Waals surface area contributed by atoms with E-state index in [1.165, 1.54) is 0 Å². The molecule has 0 aliphatic heterocycles. The SMILES string of the molecule is CC(CN)c1noc(-c2cc(F)c(F)c(F)c2)n1. The zero-order valence-corrected chi connectivity index (χ0v) is 9.45. The Morgan fingerprint density at radius 2 is 1.89 bits per heavy atom. The highest BCUT2D eigenvalue weighted by atomic mass is 19.2. The molecule has 18 heavy (non-hydrogen) atoms. The molecule has 0 saturated heterocycles. The van der Waals surface area contributed by atoms with Crippen LogP contribution in [0.2, 0.25) is 0 Å². The van der Waals surface area contributed by atoms with E-state index >= 15 is 0 Å². The molecule has 0 fully saturated rings. The van der Waals surface area contributed by atoms with Gasteiger partial charge in [0.1, 0.15) is 0 Å². The molecule has 7 heteroatoms. The van der Waals surface area contributed by atoms with E-state index in [9.17, 15) is 13.2 Å². The van der Waals surface area contributed by atoms with Crippen LogP contribution >= 0.6 is 0 Å². The molecular formula is C11H10F3N3O. The summed E-state index contributed by atoms with van der Waals surface area (Å²) in [5, 5.41) is 3.64. The third kappa shape index (κ3) is 2.21. The van der Waals surface area contributed by atoms with Gasteiger partial charge in [-0.2, -0.15) is 4.98 Å². The Kier molecular flexibility index (Phi) is 3.33. The third-order valence-corrected chi connectivity index (χ3v) is 2.47. The zero-order chi connectivity index (χ0) is 13.3. The molecule has 1 aromatic carbocycles. The van der Waals surface area contributed by atoms with Crippen molar-refractivity contribution in [2.75, 3.05) is 6.54 Å². The normalized spacial score (nSPS) is 12.7. The smallest absolute Gasteiger partial charge is 0.258 e. The molecule has 1 aromatic heterocycles. The van der Waals surface area contributed by atoms with Crippen LogP contribution in [0.4, 0.5) is 13.2 Å². The monoisotopic (exact) mass is 257 g/mol. The molecule has 4 nitrogen and oxygen atoms in total. The van der Waals surface area contributed by atoms with E-state index in [2.05, 4.69) is 10.1 Å². The van der Waals surface area contributed by atoms with Crippen LogP contribution < -0.4 is 5.73 Å². The Morgan fingerprint density at radius 1 is 1.28 bits per heavy atom. The highest BCUT2D eigenvalue weighted by Crippen LogP contribution is 2.23. The zero-order valence-electron chi connectivity index (χ0n) is 9.45. The minimum atomic E-state index is -1.53. The van der Waals surface area contributed by atoms with Crippen molar-refractivity contribution in [1.82, 2.24) is 10.1 Å². The van der Waals surface area contributed by atoms with Crippen molar-refractivity contribution in [3.05, 3.63) is 35.4 Å². The number of benzene rings is 1. The van der Waals surface area contributed by atoms with E-state index in [1.807, 2.05) is 0 Å². The Balaban J connectivity index is 2.40. The average molecular weight is 257 g/mol. The van der Waals surface area contributed by atoms with E-state index in [1.54, 1.807) is 6.92 Å². The molecule has 1 unspecified atom stereocenters. The van der Waals surface area contributed by atoms with Crippen LogP contribution in [0.5, 0.6) is 0 Å². The molecule has 1 atom stereocenters. The van der Waals surface area contributed by atoms with Gasteiger partial charge < -0.3 is 10.3 Å². The predicted molar refractivity (Wildman–Crippen MR) is 57.1 cm³/mol. The van der Waals surface area contributed by atoms with Crippen molar-refractivity contribution in [3.63, 3.8) is 0 Å². The van der Waals surface area contributed by atoms with Gasteiger partial charge in [-0.3, -0.25) is 0 Å². The Hall–Kier alpha value is -1.89. The van der Waals surface area contributed by atoms with Gasteiger partial charge in [-0.05, 0) is 12.1 Å². The lowest BCUT2D eigenvalue weighted by atomic mass is 10.1. The fourth-order valence-corrected chi connectivity index (χ4v) is 1.34. The molecule has 2 N–H and O–H groups in total. The third-order valence-electron chi connectivity index (χ3n) is 2.47. The summed E-state index contributed by atoms with van der Waals surface area (Å²) in [5.41, 5.74) is 5.41. The minimum absolute atomic E-state index is 0.0191. The van der Waals surface area contributed by atoms with Crippen molar-refractivity contribution in [2.24, 2.45) is 5.73 Å². The van der Waals surface area contributed by atoms with Gasteiger partial charge in [-0.1, -0.05) is 12.1 Å². The summed E-state index contributed by atoms with van der Waals surface area (Å²) < 4.78 is 43.7. The Bertz CT molecular complexity index is 547. The number of nitrogens with zero attached hydrogens (tertiary/aromatic N) is 2. The molecule has 0 aliphatic carbocycles. The predicted octanol–water partition coefficient (Wildman–Crippen LogP) is 2.22. The van der Waals surface area contributed by atoms with Gasteiger partial charge in [-0.25, -0.2) is 13.2 Å². The summed E-state index contributed by atoms with van der Waals surface area (Å²) in [7, 11) is 0. The van der Waals surface area contributed by atoms with Gasteiger partial charge in [-0.15, -0.1) is 0 Å². The number of halogens is 3. The summed E-state index contributed by atoms with van der Waals surface area (Å²) in [6.45, 7) is 2.09. The molecule has 0 saturated carbocycles. The second-order valence-corrected chi connectivity index (χ2v) is 3.85. The molecule has 0 spiro atoms. The highest BCUT2D eigenvalue weighted by Gasteiger charge is 2.17. The van der Waals surface area contributed by atoms with Crippen LogP contribution in [0.15, 0.2) is 16.7 Å². The van der Waals surface area contributed by atoms with E-state index in [-0.39, 0.29) is 17.4 Å². The lowest BCUT2D eigenvalue weighted by molar-refractivity contribution is 0.415. The van der Waals surface area contributed by atoms with Gasteiger partial charge in [0.15, 0.2) is 23.3 Å². The number of nitrogens with two attached hydrogens (primary N) is 1. The molecule has 1 heterocycles. The number of aromatic nitrogens is 2. The number of hydrogen-bond donors (Lipinski definition) is 1. The molecule has 0 bridgehead atoms. The van der Waals surface area contributed by atoms with Crippen molar-refractivity contribution in [2.45, 2.75) is 12.8 Å². The van der Waals surface area contributed by atoms with Crippen LogP contribution in [0.25, 0.3) is 11.5 Å². The lowest BCUT2D eigenvalue weighted by Crippen LogP contribution is -2.10. The second-order valence-electron chi connectivity index (χ2n) is 3.85. The molecule has 0 amide bonds. The van der Waals surface area contributed by atoms with Crippen LogP contribution in [-0.2, 0) is 0 Å². The van der Waals surface area contributed by atoms with Gasteiger partial charge in [0, 0.05) is 18.0 Å². The molecular weight excluding hydrogens is 247 g/mol. The van der Waals surface area contributed by atoms with Gasteiger partial charge >= 0.3 is 0 Å². The first-order valence-corrected chi connectivity index (χ1v) is 5.21. The van der Waals surface area contributed by atoms with Crippen molar-refractivity contribution >= 4 is 0 Å². The topological polar surface area (TPSA) is 64.9 Å². The quantitative estimate of drug-likeness (QED) is 0.856. The molecule has 96 valence electrons. The minimum Gasteiger partial charge on any atom is -0.334 e. The maximum Gasteiger partial charge on any atom is 0.258 e. The first kappa shape index (κ1) is 12.6. The average Bonchev–Trinajstić information content (AvgIpc) is 2.84. The van der Waals surface area contributed by atoms with Crippen LogP contribution in [0.3, 0.4) is 0 Å². The Morgan fingerprint density at radius 3 is 2.44 bits per heavy atom. The highest BCUT2D eigenvalue weighted by molar-refractivity contribution is 5.53. The van der Waals surface area contributed by atoms with E-state index in [0.29, 0.717) is 12.4 Å². The second kappa shape index (κ2) is 4.77. The van der Waals surface area contributed by atoms with Gasteiger partial charge in [0.2, 0.25) is 0 Å². The summed E-state index contributed by atoms with van der Waals surface area (Å²) in [6.07, 6.45) is 0. The maximum absolute atomic E-state index is 13.0. The van der Waals surface area contributed by atoms with E-state index in [4.69, 9.17) is 10.3 Å². The number of rotatable bonds is 3. The van der Waals surface area contributed by atoms with E-state index in [0.717, 1.165) is 12.1 Å². The molecule has 0 aliphatic rings. The molecule has 0 radical (unpaired) electrons. The van der Waals surface area contributed by atoms with Gasteiger partial charge in [0.25, 0.3) is 5.89 Å². The largest absolute Gasteiger partial charge is 0.334 e. The van der Waals surface area contributed by atoms with Crippen molar-refractivity contribution in [3.8, 4) is 11.5 Å². The van der Waals surface area contributed by atoms with Crippen LogP contribution in [0.1, 0.15) is 18.7 Å². The number of hydrogen-bond acceptors (Lipinski definition) is 4. The molecule has 2 aromatic rings. The standard InChI is InChI=1S/C11H10F3N3O/c1-5(4-15)10-16-11(18-17-10)6-2-7(12)9(14)8(13)3-6/h2-3,5H,4,15H2,1H3. The van der Waals surface area contributed by atoms with E-state index < -0.39 is 17.5 Å². The lowest BCUT2D eigenvalue weighted by Gasteiger charge is -1.99. The molecule has 2 rings (SSSR count). The van der Waals surface area contributed by atoms with Gasteiger partial charge in [0.05, 0.1) is 0 Å². The summed E-state index contributed by atoms with van der Waals surface area (Å²) in [4.78, 5) is 3.95. The maximum atomic E-state index is 13.0. The fraction of sp³-hybridized carbons (Fsp3) is 0.273. The van der Waals surface area contributed by atoms with Crippen LogP contribution in [-0.4, -0.2) is 16.7 Å². The first-order chi connectivity index (χ1) is 8.52. The Labute approximate surface area is 101 Å². The van der Waals surface area contributed by atoms with Crippen LogP contribution in [0, 0.1) is 17.5 Å².